The minimum Gasteiger partial charge on any atom is -0.339 e. The molecule has 1 aliphatic rings. The Bertz CT molecular complexity index is 985. The quantitative estimate of drug-likeness (QED) is 0.717. The van der Waals surface area contributed by atoms with E-state index < -0.39 is 0 Å². The van der Waals surface area contributed by atoms with E-state index in [2.05, 4.69) is 23.2 Å². The van der Waals surface area contributed by atoms with E-state index in [1.165, 1.54) is 0 Å². The van der Waals surface area contributed by atoms with Crippen molar-refractivity contribution in [1.29, 1.82) is 0 Å². The van der Waals surface area contributed by atoms with E-state index in [0.29, 0.717) is 5.92 Å². The maximum Gasteiger partial charge on any atom is 0.255 e. The number of rotatable bonds is 3. The highest BCUT2D eigenvalue weighted by atomic mass is 16.2. The molecule has 27 heavy (non-hydrogen) atoms. The van der Waals surface area contributed by atoms with Crippen molar-refractivity contribution in [1.82, 2.24) is 24.6 Å². The van der Waals surface area contributed by atoms with Gasteiger partial charge in [-0.1, -0.05) is 18.2 Å². The number of pyridine rings is 1. The van der Waals surface area contributed by atoms with Gasteiger partial charge in [-0.05, 0) is 44.2 Å². The van der Waals surface area contributed by atoms with Gasteiger partial charge in [0.1, 0.15) is 12.2 Å². The number of hydrogen-bond acceptors (Lipinski definition) is 4. The van der Waals surface area contributed by atoms with Gasteiger partial charge in [-0.15, -0.1) is 10.2 Å². The zero-order valence-corrected chi connectivity index (χ0v) is 16.1. The average molecular weight is 363 g/mol. The van der Waals surface area contributed by atoms with Crippen LogP contribution in [-0.2, 0) is 13.5 Å². The molecular weight excluding hydrogens is 338 g/mol. The Labute approximate surface area is 159 Å². The Morgan fingerprint density at radius 1 is 1.22 bits per heavy atom. The lowest BCUT2D eigenvalue weighted by Gasteiger charge is -2.32. The number of benzene rings is 1. The van der Waals surface area contributed by atoms with E-state index in [1.54, 1.807) is 6.33 Å². The van der Waals surface area contributed by atoms with Crippen molar-refractivity contribution in [2.75, 3.05) is 13.1 Å². The van der Waals surface area contributed by atoms with Crippen molar-refractivity contribution in [2.45, 2.75) is 33.1 Å². The number of carbonyl (C=O) groups excluding carboxylic acids is 1. The summed E-state index contributed by atoms with van der Waals surface area (Å²) in [6, 6.07) is 8.09. The van der Waals surface area contributed by atoms with Gasteiger partial charge in [0.05, 0.1) is 16.8 Å². The minimum atomic E-state index is 0.0977. The first-order chi connectivity index (χ1) is 13.0. The highest BCUT2D eigenvalue weighted by molar-refractivity contribution is 5.99. The van der Waals surface area contributed by atoms with Gasteiger partial charge in [-0.3, -0.25) is 9.78 Å². The molecule has 0 radical (unpaired) electrons. The molecule has 1 aliphatic heterocycles. The molecule has 0 atom stereocenters. The first-order valence-corrected chi connectivity index (χ1v) is 9.52. The smallest absolute Gasteiger partial charge is 0.255 e. The van der Waals surface area contributed by atoms with E-state index in [9.17, 15) is 4.79 Å². The van der Waals surface area contributed by atoms with E-state index >= 15 is 0 Å². The third-order valence-corrected chi connectivity index (χ3v) is 5.65. The third-order valence-electron chi connectivity index (χ3n) is 5.65. The molecule has 0 spiro atoms. The van der Waals surface area contributed by atoms with Crippen LogP contribution in [0.5, 0.6) is 0 Å². The van der Waals surface area contributed by atoms with Crippen LogP contribution in [0.25, 0.3) is 10.9 Å². The lowest BCUT2D eigenvalue weighted by Crippen LogP contribution is -2.39. The van der Waals surface area contributed by atoms with Crippen molar-refractivity contribution in [3.8, 4) is 0 Å². The Hall–Kier alpha value is -2.76. The molecule has 2 aromatic heterocycles. The molecule has 0 unspecified atom stereocenters. The lowest BCUT2D eigenvalue weighted by molar-refractivity contribution is 0.0688. The number of amides is 1. The van der Waals surface area contributed by atoms with E-state index in [-0.39, 0.29) is 5.91 Å². The number of fused-ring (bicyclic) bond motifs is 1. The monoisotopic (exact) mass is 363 g/mol. The number of carbonyl (C=O) groups is 1. The zero-order valence-electron chi connectivity index (χ0n) is 16.1. The van der Waals surface area contributed by atoms with Crippen LogP contribution < -0.4 is 0 Å². The summed E-state index contributed by atoms with van der Waals surface area (Å²) in [7, 11) is 1.98. The molecule has 140 valence electrons. The van der Waals surface area contributed by atoms with Crippen molar-refractivity contribution < 1.29 is 4.79 Å². The normalized spacial score (nSPS) is 15.4. The predicted molar refractivity (Wildman–Crippen MR) is 105 cm³/mol. The largest absolute Gasteiger partial charge is 0.339 e. The molecule has 3 heterocycles. The maximum atomic E-state index is 13.1. The van der Waals surface area contributed by atoms with Crippen molar-refractivity contribution in [3.63, 3.8) is 0 Å². The highest BCUT2D eigenvalue weighted by Gasteiger charge is 2.26. The fourth-order valence-corrected chi connectivity index (χ4v) is 3.92. The zero-order chi connectivity index (χ0) is 19.0. The van der Waals surface area contributed by atoms with Gasteiger partial charge in [0.2, 0.25) is 0 Å². The molecule has 1 aromatic carbocycles. The fraction of sp³-hybridized carbons (Fsp3) is 0.429. The van der Waals surface area contributed by atoms with Gasteiger partial charge in [-0.2, -0.15) is 0 Å². The first kappa shape index (κ1) is 17.6. The molecular formula is C21H25N5O. The molecule has 1 fully saturated rings. The SMILES string of the molecule is Cc1nc2c(C)cccc2cc1C(=O)N1CCC(Cc2nncn2C)CC1. The molecule has 4 rings (SSSR count). The van der Waals surface area contributed by atoms with Crippen LogP contribution in [0.15, 0.2) is 30.6 Å². The van der Waals surface area contributed by atoms with E-state index in [1.807, 2.05) is 41.6 Å². The van der Waals surface area contributed by atoms with Crippen LogP contribution in [-0.4, -0.2) is 43.6 Å². The number of likely N-dealkylation sites (tertiary alicyclic amines) is 1. The van der Waals surface area contributed by atoms with Gasteiger partial charge < -0.3 is 9.47 Å². The third kappa shape index (κ3) is 3.44. The molecule has 0 saturated carbocycles. The Morgan fingerprint density at radius 2 is 2.00 bits per heavy atom. The summed E-state index contributed by atoms with van der Waals surface area (Å²) in [6.07, 6.45) is 4.66. The number of para-hydroxylation sites is 1. The fourth-order valence-electron chi connectivity index (χ4n) is 3.92. The molecule has 0 N–H and O–H groups in total. The van der Waals surface area contributed by atoms with Crippen molar-refractivity contribution >= 4 is 16.8 Å². The summed E-state index contributed by atoms with van der Waals surface area (Å²) < 4.78 is 1.98. The van der Waals surface area contributed by atoms with Crippen LogP contribution in [0.3, 0.4) is 0 Å². The highest BCUT2D eigenvalue weighted by Crippen LogP contribution is 2.25. The number of aryl methyl sites for hydroxylation is 3. The van der Waals surface area contributed by atoms with Crippen molar-refractivity contribution in [3.05, 3.63) is 53.2 Å². The van der Waals surface area contributed by atoms with E-state index in [0.717, 1.165) is 65.9 Å². The molecule has 0 bridgehead atoms. The van der Waals surface area contributed by atoms with E-state index in [4.69, 9.17) is 4.98 Å². The first-order valence-electron chi connectivity index (χ1n) is 9.52. The Morgan fingerprint density at radius 3 is 2.70 bits per heavy atom. The second kappa shape index (κ2) is 7.10. The maximum absolute atomic E-state index is 13.1. The van der Waals surface area contributed by atoms with Gasteiger partial charge >= 0.3 is 0 Å². The summed E-state index contributed by atoms with van der Waals surface area (Å²) in [4.78, 5) is 19.8. The van der Waals surface area contributed by atoms with Crippen LogP contribution in [0, 0.1) is 19.8 Å². The number of nitrogens with zero attached hydrogens (tertiary/aromatic N) is 5. The standard InChI is InChI=1S/C21H25N5O/c1-14-5-4-6-17-12-18(15(2)23-20(14)17)21(27)26-9-7-16(8-10-26)11-19-24-22-13-25(19)3/h4-6,12-13,16H,7-11H2,1-3H3. The molecule has 6 heteroatoms. The second-order valence-electron chi connectivity index (χ2n) is 7.57. The molecule has 3 aromatic rings. The van der Waals surface area contributed by atoms with Crippen molar-refractivity contribution in [2.24, 2.45) is 13.0 Å². The number of aromatic nitrogens is 4. The second-order valence-corrected chi connectivity index (χ2v) is 7.57. The summed E-state index contributed by atoms with van der Waals surface area (Å²) in [5.41, 5.74) is 3.65. The van der Waals surface area contributed by atoms with Gasteiger partial charge in [0.25, 0.3) is 5.91 Å². The average Bonchev–Trinajstić information content (AvgIpc) is 3.07. The summed E-state index contributed by atoms with van der Waals surface area (Å²) in [5.74, 6) is 1.67. The van der Waals surface area contributed by atoms with Gasteiger partial charge in [0.15, 0.2) is 0 Å². The molecule has 6 nitrogen and oxygen atoms in total. The Balaban J connectivity index is 1.47. The van der Waals surface area contributed by atoms with Gasteiger partial charge in [0, 0.05) is 31.9 Å². The van der Waals surface area contributed by atoms with Crippen LogP contribution in [0.2, 0.25) is 0 Å². The minimum absolute atomic E-state index is 0.0977. The Kier molecular flexibility index (Phi) is 4.64. The topological polar surface area (TPSA) is 63.9 Å². The summed E-state index contributed by atoms with van der Waals surface area (Å²) >= 11 is 0. The lowest BCUT2D eigenvalue weighted by atomic mass is 9.92. The predicted octanol–water partition coefficient (Wildman–Crippen LogP) is 3.08. The van der Waals surface area contributed by atoms with Gasteiger partial charge in [-0.25, -0.2) is 0 Å². The molecule has 1 saturated heterocycles. The van der Waals surface area contributed by atoms with Crippen LogP contribution in [0.4, 0.5) is 0 Å². The molecule has 0 aliphatic carbocycles. The van der Waals surface area contributed by atoms with Crippen LogP contribution in [0.1, 0.15) is 40.3 Å². The summed E-state index contributed by atoms with van der Waals surface area (Å²) in [5, 5.41) is 9.16. The molecule has 1 amide bonds. The number of hydrogen-bond donors (Lipinski definition) is 0. The number of piperidine rings is 1. The van der Waals surface area contributed by atoms with Crippen LogP contribution >= 0.6 is 0 Å². The summed E-state index contributed by atoms with van der Waals surface area (Å²) in [6.45, 7) is 5.55.